The van der Waals surface area contributed by atoms with Gasteiger partial charge >= 0.3 is 11.9 Å². The number of hydrogen-bond acceptors (Lipinski definition) is 10. The van der Waals surface area contributed by atoms with Crippen LogP contribution in [0.25, 0.3) is 0 Å². The number of benzene rings is 4. The third-order valence-corrected chi connectivity index (χ3v) is 10.2. The van der Waals surface area contributed by atoms with Gasteiger partial charge in [0.25, 0.3) is 0 Å². The van der Waals surface area contributed by atoms with E-state index in [4.69, 9.17) is 18.9 Å². The summed E-state index contributed by atoms with van der Waals surface area (Å²) >= 11 is 0. The lowest BCUT2D eigenvalue weighted by molar-refractivity contribution is 0.0478. The molecule has 10 nitrogen and oxygen atoms in total. The average molecular weight is 835 g/mol. The summed E-state index contributed by atoms with van der Waals surface area (Å²) in [6, 6.07) is 23.9. The number of aliphatic imine (C=N–C) groups is 2. The number of phenolic OH excluding ortho intramolecular Hbond substituents is 2. The molecule has 0 atom stereocenters. The zero-order valence-corrected chi connectivity index (χ0v) is 36.3. The summed E-state index contributed by atoms with van der Waals surface area (Å²) in [5.41, 5.74) is 3.23. The number of nitrogens with zero attached hydrogens (tertiary/aromatic N) is 2. The molecule has 0 amide bonds. The summed E-state index contributed by atoms with van der Waals surface area (Å²) in [4.78, 5) is 34.0. The van der Waals surface area contributed by atoms with Crippen LogP contribution in [-0.2, 0) is 9.47 Å². The minimum Gasteiger partial charge on any atom is -0.507 e. The molecule has 0 aliphatic carbocycles. The minimum atomic E-state index is -0.423. The van der Waals surface area contributed by atoms with Gasteiger partial charge in [0.15, 0.2) is 0 Å². The quantitative estimate of drug-likeness (QED) is 0.0301. The van der Waals surface area contributed by atoms with E-state index < -0.39 is 11.9 Å². The highest BCUT2D eigenvalue weighted by Gasteiger charge is 2.10. The van der Waals surface area contributed by atoms with Gasteiger partial charge in [-0.05, 0) is 105 Å². The Labute approximate surface area is 363 Å². The third-order valence-electron chi connectivity index (χ3n) is 10.2. The SMILES string of the molecule is CCCCCCCCCOc1ccc(C=Nc2ccc(C(=O)OCCCCCOC(=O)c3ccc(N=Cc4ccc(OCCCCCCCCC)cc4O)cc3)cc2)c(O)c1. The van der Waals surface area contributed by atoms with Crippen molar-refractivity contribution in [1.29, 1.82) is 0 Å². The molecule has 0 bridgehead atoms. The molecule has 4 aromatic rings. The molecular formula is C51H66N2O8. The lowest BCUT2D eigenvalue weighted by Crippen LogP contribution is -2.08. The molecule has 2 N–H and O–H groups in total. The van der Waals surface area contributed by atoms with Gasteiger partial charge in [-0.1, -0.05) is 90.9 Å². The van der Waals surface area contributed by atoms with Crippen LogP contribution < -0.4 is 9.47 Å². The van der Waals surface area contributed by atoms with Gasteiger partial charge < -0.3 is 29.2 Å². The van der Waals surface area contributed by atoms with Gasteiger partial charge in [-0.15, -0.1) is 0 Å². The summed E-state index contributed by atoms with van der Waals surface area (Å²) in [5.74, 6) is 0.601. The van der Waals surface area contributed by atoms with Gasteiger partial charge in [0, 0.05) is 35.7 Å². The Hall–Kier alpha value is -5.64. The molecule has 0 aliphatic heterocycles. The molecule has 10 heteroatoms. The number of carbonyl (C=O) groups excluding carboxylic acids is 2. The molecule has 0 spiro atoms. The van der Waals surface area contributed by atoms with Crippen LogP contribution in [0.5, 0.6) is 23.0 Å². The molecule has 4 rings (SSSR count). The maximum atomic E-state index is 12.6. The smallest absolute Gasteiger partial charge is 0.338 e. The van der Waals surface area contributed by atoms with Gasteiger partial charge in [-0.2, -0.15) is 0 Å². The van der Waals surface area contributed by atoms with Gasteiger partial charge in [-0.3, -0.25) is 9.98 Å². The van der Waals surface area contributed by atoms with Crippen molar-refractivity contribution in [3.05, 3.63) is 107 Å². The Balaban J connectivity index is 1.06. The standard InChI is InChI=1S/C51H66N2O8/c1-3-5-7-9-11-13-16-32-58-46-30-24-42(48(54)36-46)38-52-44-26-20-40(21-27-44)50(56)60-34-18-15-19-35-61-51(57)41-22-28-45(29-23-41)53-39-43-25-31-47(37-49(43)55)59-33-17-14-12-10-8-6-4-2/h20-31,36-39,54-55H,3-19,32-35H2,1-2H3. The Kier molecular flexibility index (Phi) is 22.6. The first-order valence-electron chi connectivity index (χ1n) is 22.4. The van der Waals surface area contributed by atoms with Crippen molar-refractivity contribution in [2.45, 2.75) is 123 Å². The Morgan fingerprint density at radius 2 is 0.803 bits per heavy atom. The minimum absolute atomic E-state index is 0.0903. The molecular weight excluding hydrogens is 769 g/mol. The predicted octanol–water partition coefficient (Wildman–Crippen LogP) is 13.0. The van der Waals surface area contributed by atoms with Gasteiger partial charge in [0.1, 0.15) is 23.0 Å². The highest BCUT2D eigenvalue weighted by molar-refractivity contribution is 5.91. The number of esters is 2. The zero-order valence-electron chi connectivity index (χ0n) is 36.3. The molecule has 61 heavy (non-hydrogen) atoms. The first-order valence-corrected chi connectivity index (χ1v) is 22.4. The average Bonchev–Trinajstić information content (AvgIpc) is 3.27. The van der Waals surface area contributed by atoms with E-state index in [0.717, 1.165) is 32.1 Å². The maximum Gasteiger partial charge on any atom is 0.338 e. The molecule has 0 radical (unpaired) electrons. The molecule has 0 saturated heterocycles. The van der Waals surface area contributed by atoms with Crippen LogP contribution >= 0.6 is 0 Å². The van der Waals surface area contributed by atoms with E-state index in [2.05, 4.69) is 23.8 Å². The topological polar surface area (TPSA) is 136 Å². The normalized spacial score (nSPS) is 11.3. The van der Waals surface area contributed by atoms with Crippen molar-refractivity contribution in [2.75, 3.05) is 26.4 Å². The van der Waals surface area contributed by atoms with E-state index in [0.29, 0.717) is 71.2 Å². The number of hydrogen-bond donors (Lipinski definition) is 2. The van der Waals surface area contributed by atoms with Crippen molar-refractivity contribution < 1.29 is 38.7 Å². The summed E-state index contributed by atoms with van der Waals surface area (Å²) in [7, 11) is 0. The fourth-order valence-electron chi connectivity index (χ4n) is 6.48. The van der Waals surface area contributed by atoms with Crippen LogP contribution in [0.4, 0.5) is 11.4 Å². The third kappa shape index (κ3) is 19.1. The van der Waals surface area contributed by atoms with E-state index in [-0.39, 0.29) is 24.7 Å². The van der Waals surface area contributed by atoms with E-state index >= 15 is 0 Å². The van der Waals surface area contributed by atoms with E-state index in [1.54, 1.807) is 85.2 Å². The Morgan fingerprint density at radius 3 is 1.18 bits per heavy atom. The van der Waals surface area contributed by atoms with Gasteiger partial charge in [-0.25, -0.2) is 9.59 Å². The highest BCUT2D eigenvalue weighted by Crippen LogP contribution is 2.25. The van der Waals surface area contributed by atoms with E-state index in [1.807, 2.05) is 12.1 Å². The van der Waals surface area contributed by atoms with Crippen LogP contribution in [0.2, 0.25) is 0 Å². The Bertz CT molecular complexity index is 1790. The molecule has 0 unspecified atom stereocenters. The monoisotopic (exact) mass is 834 g/mol. The van der Waals surface area contributed by atoms with Crippen molar-refractivity contribution in [2.24, 2.45) is 9.98 Å². The van der Waals surface area contributed by atoms with Crippen molar-refractivity contribution >= 4 is 35.7 Å². The summed E-state index contributed by atoms with van der Waals surface area (Å²) in [6.07, 6.45) is 22.2. The first kappa shape index (κ1) is 48.0. The van der Waals surface area contributed by atoms with Crippen molar-refractivity contribution in [3.63, 3.8) is 0 Å². The fraction of sp³-hybridized carbons (Fsp3) is 0.451. The van der Waals surface area contributed by atoms with Crippen LogP contribution in [-0.4, -0.2) is 61.0 Å². The largest absolute Gasteiger partial charge is 0.507 e. The summed E-state index contributed by atoms with van der Waals surface area (Å²) in [6.45, 7) is 6.21. The second-order valence-corrected chi connectivity index (χ2v) is 15.3. The second kappa shape index (κ2) is 28.8. The van der Waals surface area contributed by atoms with Crippen LogP contribution in [0, 0.1) is 0 Å². The number of phenols is 2. The van der Waals surface area contributed by atoms with Gasteiger partial charge in [0.05, 0.1) is 48.9 Å². The number of ether oxygens (including phenoxy) is 4. The number of carbonyl (C=O) groups is 2. The van der Waals surface area contributed by atoms with Crippen molar-refractivity contribution in [3.8, 4) is 23.0 Å². The molecule has 0 aliphatic rings. The molecule has 0 fully saturated rings. The summed E-state index contributed by atoms with van der Waals surface area (Å²) < 4.78 is 22.5. The number of rotatable bonds is 30. The maximum absolute atomic E-state index is 12.6. The lowest BCUT2D eigenvalue weighted by atomic mass is 10.1. The Morgan fingerprint density at radius 1 is 0.459 bits per heavy atom. The van der Waals surface area contributed by atoms with E-state index in [1.165, 1.54) is 64.2 Å². The van der Waals surface area contributed by atoms with Crippen molar-refractivity contribution in [1.82, 2.24) is 0 Å². The van der Waals surface area contributed by atoms with E-state index in [9.17, 15) is 19.8 Å². The van der Waals surface area contributed by atoms with Crippen LogP contribution in [0.3, 0.4) is 0 Å². The van der Waals surface area contributed by atoms with Crippen LogP contribution in [0.15, 0.2) is 94.9 Å². The zero-order chi connectivity index (χ0) is 43.3. The highest BCUT2D eigenvalue weighted by atomic mass is 16.5. The second-order valence-electron chi connectivity index (χ2n) is 15.3. The molecule has 0 heterocycles. The molecule has 0 aromatic heterocycles. The molecule has 4 aromatic carbocycles. The van der Waals surface area contributed by atoms with Gasteiger partial charge in [0.2, 0.25) is 0 Å². The van der Waals surface area contributed by atoms with Crippen LogP contribution in [0.1, 0.15) is 155 Å². The molecule has 0 saturated carbocycles. The number of unbranched alkanes of at least 4 members (excludes halogenated alkanes) is 14. The lowest BCUT2D eigenvalue weighted by Gasteiger charge is -2.08. The fourth-order valence-corrected chi connectivity index (χ4v) is 6.48. The summed E-state index contributed by atoms with van der Waals surface area (Å²) in [5, 5.41) is 20.9. The number of aromatic hydroxyl groups is 2. The first-order chi connectivity index (χ1) is 29.9. The molecule has 328 valence electrons. The predicted molar refractivity (Wildman–Crippen MR) is 245 cm³/mol.